The smallest absolute Gasteiger partial charge is 0.356 e. The van der Waals surface area contributed by atoms with Gasteiger partial charge < -0.3 is 10.3 Å². The maximum atomic E-state index is 13.4. The maximum absolute atomic E-state index is 13.4. The largest absolute Gasteiger partial charge is 0.417 e. The molecule has 0 aliphatic carbocycles. The van der Waals surface area contributed by atoms with Gasteiger partial charge in [0.2, 0.25) is 0 Å². The molecule has 0 saturated carbocycles. The van der Waals surface area contributed by atoms with Crippen LogP contribution in [0.15, 0.2) is 36.5 Å². The molecule has 0 radical (unpaired) electrons. The van der Waals surface area contributed by atoms with E-state index in [-0.39, 0.29) is 11.6 Å². The van der Waals surface area contributed by atoms with Crippen LogP contribution in [-0.4, -0.2) is 27.4 Å². The second-order valence-electron chi connectivity index (χ2n) is 6.60. The number of benzene rings is 1. The number of fused-ring (bicyclic) bond motifs is 1. The van der Waals surface area contributed by atoms with Gasteiger partial charge in [-0.15, -0.1) is 0 Å². The van der Waals surface area contributed by atoms with Crippen LogP contribution in [0.1, 0.15) is 27.2 Å². The predicted molar refractivity (Wildman–Crippen MR) is 93.3 cm³/mol. The first-order chi connectivity index (χ1) is 14.0. The van der Waals surface area contributed by atoms with Crippen LogP contribution < -0.4 is 5.32 Å². The number of halogens is 6. The quantitative estimate of drug-likeness (QED) is 0.595. The van der Waals surface area contributed by atoms with Crippen molar-refractivity contribution in [3.8, 4) is 22.8 Å². The summed E-state index contributed by atoms with van der Waals surface area (Å²) in [6.45, 7) is 0.431. The van der Waals surface area contributed by atoms with Gasteiger partial charge in [0.25, 0.3) is 5.91 Å². The van der Waals surface area contributed by atoms with E-state index in [1.54, 1.807) is 0 Å². The first-order valence-corrected chi connectivity index (χ1v) is 8.66. The lowest BCUT2D eigenvalue weighted by molar-refractivity contribution is -0.141. The van der Waals surface area contributed by atoms with Gasteiger partial charge in [-0.3, -0.25) is 4.79 Å². The number of H-pyrrole nitrogens is 1. The Bertz CT molecular complexity index is 1130. The molecule has 2 aromatic heterocycles. The predicted octanol–water partition coefficient (Wildman–Crippen LogP) is 4.46. The Morgan fingerprint density at radius 1 is 0.933 bits per heavy atom. The lowest BCUT2D eigenvalue weighted by Crippen LogP contribution is -2.31. The third-order valence-corrected chi connectivity index (χ3v) is 4.63. The Morgan fingerprint density at radius 3 is 2.37 bits per heavy atom. The van der Waals surface area contributed by atoms with Gasteiger partial charge in [0, 0.05) is 30.4 Å². The first kappa shape index (κ1) is 19.9. The molecule has 1 amide bonds. The molecule has 0 atom stereocenters. The first-order valence-electron chi connectivity index (χ1n) is 8.66. The number of nitrogens with zero attached hydrogens (tertiary/aromatic N) is 2. The van der Waals surface area contributed by atoms with Crippen LogP contribution >= 0.6 is 0 Å². The van der Waals surface area contributed by atoms with Crippen molar-refractivity contribution >= 4 is 5.91 Å². The third kappa shape index (κ3) is 3.62. The van der Waals surface area contributed by atoms with E-state index in [9.17, 15) is 31.1 Å². The number of hydrogen-bond acceptors (Lipinski definition) is 3. The zero-order valence-electron chi connectivity index (χ0n) is 14.9. The summed E-state index contributed by atoms with van der Waals surface area (Å²) >= 11 is 0. The van der Waals surface area contributed by atoms with E-state index in [0.717, 1.165) is 6.20 Å². The second kappa shape index (κ2) is 6.85. The van der Waals surface area contributed by atoms with E-state index in [1.807, 2.05) is 0 Å². The SMILES string of the molecule is O=C1NCCc2[nH]c(-c3ccnc(-c4cc(C(F)(F)F)ccc4C(F)(F)F)n3)cc21. The van der Waals surface area contributed by atoms with Gasteiger partial charge in [0.1, 0.15) is 0 Å². The van der Waals surface area contributed by atoms with Crippen molar-refractivity contribution in [1.82, 2.24) is 20.3 Å². The van der Waals surface area contributed by atoms with E-state index in [4.69, 9.17) is 0 Å². The summed E-state index contributed by atoms with van der Waals surface area (Å²) in [6.07, 6.45) is -8.05. The molecular formula is C19H12F6N4O. The van der Waals surface area contributed by atoms with Crippen molar-refractivity contribution in [3.05, 3.63) is 58.9 Å². The fraction of sp³-hybridized carbons (Fsp3) is 0.211. The Balaban J connectivity index is 1.84. The number of amides is 1. The summed E-state index contributed by atoms with van der Waals surface area (Å²) in [6, 6.07) is 4.00. The van der Waals surface area contributed by atoms with E-state index < -0.39 is 34.9 Å². The van der Waals surface area contributed by atoms with Gasteiger partial charge in [-0.25, -0.2) is 9.97 Å². The van der Waals surface area contributed by atoms with Crippen LogP contribution in [0.4, 0.5) is 26.3 Å². The highest BCUT2D eigenvalue weighted by molar-refractivity contribution is 5.97. The van der Waals surface area contributed by atoms with Crippen molar-refractivity contribution < 1.29 is 31.1 Å². The summed E-state index contributed by atoms with van der Waals surface area (Å²) < 4.78 is 79.4. The molecule has 0 spiro atoms. The normalized spacial score (nSPS) is 14.4. The molecule has 0 fully saturated rings. The minimum absolute atomic E-state index is 0.146. The van der Waals surface area contributed by atoms with Crippen molar-refractivity contribution in [1.29, 1.82) is 0 Å². The molecule has 2 N–H and O–H groups in total. The minimum Gasteiger partial charge on any atom is -0.356 e. The van der Waals surface area contributed by atoms with Gasteiger partial charge in [-0.1, -0.05) is 0 Å². The zero-order chi connectivity index (χ0) is 21.7. The molecule has 5 nitrogen and oxygen atoms in total. The molecule has 0 unspecified atom stereocenters. The van der Waals surface area contributed by atoms with Gasteiger partial charge in [0.15, 0.2) is 5.82 Å². The van der Waals surface area contributed by atoms with E-state index in [1.165, 1.54) is 12.1 Å². The summed E-state index contributed by atoms with van der Waals surface area (Å²) in [5.74, 6) is -0.812. The van der Waals surface area contributed by atoms with Gasteiger partial charge in [-0.2, -0.15) is 26.3 Å². The van der Waals surface area contributed by atoms with Crippen LogP contribution in [0.3, 0.4) is 0 Å². The van der Waals surface area contributed by atoms with Crippen molar-refractivity contribution in [2.45, 2.75) is 18.8 Å². The molecule has 30 heavy (non-hydrogen) atoms. The average molecular weight is 426 g/mol. The molecule has 3 aromatic rings. The minimum atomic E-state index is -4.90. The van der Waals surface area contributed by atoms with Gasteiger partial charge in [0.05, 0.1) is 28.1 Å². The second-order valence-corrected chi connectivity index (χ2v) is 6.60. The molecule has 1 aliphatic rings. The highest BCUT2D eigenvalue weighted by Crippen LogP contribution is 2.40. The van der Waals surface area contributed by atoms with E-state index >= 15 is 0 Å². The molecule has 156 valence electrons. The van der Waals surface area contributed by atoms with Crippen LogP contribution in [0.5, 0.6) is 0 Å². The number of nitrogens with one attached hydrogen (secondary N) is 2. The summed E-state index contributed by atoms with van der Waals surface area (Å²) in [4.78, 5) is 22.7. The van der Waals surface area contributed by atoms with Crippen molar-refractivity contribution in [3.63, 3.8) is 0 Å². The molecule has 4 rings (SSSR count). The van der Waals surface area contributed by atoms with E-state index in [2.05, 4.69) is 20.3 Å². The summed E-state index contributed by atoms with van der Waals surface area (Å²) in [5.41, 5.74) is -1.79. The fourth-order valence-corrected chi connectivity index (χ4v) is 3.22. The molecule has 3 heterocycles. The molecule has 0 saturated heterocycles. The lowest BCUT2D eigenvalue weighted by Gasteiger charge is -2.15. The van der Waals surface area contributed by atoms with Crippen LogP contribution in [-0.2, 0) is 18.8 Å². The number of carbonyl (C=O) groups excluding carboxylic acids is 1. The number of hydrogen-bond donors (Lipinski definition) is 2. The van der Waals surface area contributed by atoms with E-state index in [0.29, 0.717) is 48.1 Å². The molecular weight excluding hydrogens is 414 g/mol. The highest BCUT2D eigenvalue weighted by Gasteiger charge is 2.38. The van der Waals surface area contributed by atoms with Crippen LogP contribution in [0, 0.1) is 0 Å². The molecule has 1 aromatic carbocycles. The Morgan fingerprint density at radius 2 is 1.70 bits per heavy atom. The topological polar surface area (TPSA) is 70.7 Å². The summed E-state index contributed by atoms with van der Waals surface area (Å²) in [7, 11) is 0. The number of aromatic nitrogens is 3. The standard InChI is InChI=1S/C19H12F6N4O/c20-18(21,22)9-1-2-12(19(23,24)25)10(7-9)16-26-5-4-14(29-16)15-8-11-13(28-15)3-6-27-17(11)30/h1-2,4-5,7-8,28H,3,6H2,(H,27,30). The molecule has 1 aliphatic heterocycles. The Hall–Kier alpha value is -3.37. The number of aromatic amines is 1. The number of rotatable bonds is 2. The molecule has 11 heteroatoms. The zero-order valence-corrected chi connectivity index (χ0v) is 14.9. The molecule has 0 bridgehead atoms. The van der Waals surface area contributed by atoms with Crippen molar-refractivity contribution in [2.24, 2.45) is 0 Å². The maximum Gasteiger partial charge on any atom is 0.417 e. The van der Waals surface area contributed by atoms with Crippen LogP contribution in [0.2, 0.25) is 0 Å². The van der Waals surface area contributed by atoms with Crippen molar-refractivity contribution in [2.75, 3.05) is 6.54 Å². The number of carbonyl (C=O) groups is 1. The fourth-order valence-electron chi connectivity index (χ4n) is 3.22. The average Bonchev–Trinajstić information content (AvgIpc) is 3.12. The number of alkyl halides is 6. The lowest BCUT2D eigenvalue weighted by atomic mass is 10.0. The highest BCUT2D eigenvalue weighted by atomic mass is 19.4. The summed E-state index contributed by atoms with van der Waals surface area (Å²) in [5, 5.41) is 2.66. The third-order valence-electron chi connectivity index (χ3n) is 4.63. The van der Waals surface area contributed by atoms with Crippen LogP contribution in [0.25, 0.3) is 22.8 Å². The van der Waals surface area contributed by atoms with Gasteiger partial charge >= 0.3 is 12.4 Å². The monoisotopic (exact) mass is 426 g/mol. The van der Waals surface area contributed by atoms with Gasteiger partial charge in [-0.05, 0) is 30.3 Å². The Kier molecular flexibility index (Phi) is 4.55. The Labute approximate surface area is 165 Å².